The first kappa shape index (κ1) is 31.3. The molecule has 0 fully saturated rings. The van der Waals surface area contributed by atoms with Gasteiger partial charge in [-0.25, -0.2) is 9.97 Å². The number of carbonyl (C=O) groups excluding carboxylic acids is 2. The maximum atomic E-state index is 14.2. The van der Waals surface area contributed by atoms with Crippen molar-refractivity contribution >= 4 is 23.0 Å². The zero-order chi connectivity index (χ0) is 35.6. The molecule has 3 N–H and O–H groups in total. The Morgan fingerprint density at radius 1 is 1.02 bits per heavy atom. The summed E-state index contributed by atoms with van der Waals surface area (Å²) in [4.78, 5) is 37.5. The number of para-hydroxylation sites is 1. The van der Waals surface area contributed by atoms with Crippen LogP contribution in [-0.2, 0) is 27.8 Å². The van der Waals surface area contributed by atoms with Gasteiger partial charge in [0.25, 0.3) is 0 Å². The van der Waals surface area contributed by atoms with E-state index in [-0.39, 0.29) is 36.4 Å². The van der Waals surface area contributed by atoms with Gasteiger partial charge in [0.2, 0.25) is 17.7 Å². The Balaban J connectivity index is 1.27. The summed E-state index contributed by atoms with van der Waals surface area (Å²) in [6, 6.07) is 18.1. The Hall–Kier alpha value is -5.48. The molecule has 5 aliphatic rings. The van der Waals surface area contributed by atoms with Gasteiger partial charge in [-0.05, 0) is 53.0 Å². The molecule has 6 heterocycles. The van der Waals surface area contributed by atoms with E-state index < -0.39 is 29.7 Å². The van der Waals surface area contributed by atoms with Gasteiger partial charge in [0.15, 0.2) is 29.2 Å². The predicted molar refractivity (Wildman–Crippen MR) is 192 cm³/mol. The Bertz CT molecular complexity index is 2380. The number of benzene rings is 3. The molecule has 0 saturated carbocycles. The van der Waals surface area contributed by atoms with Crippen molar-refractivity contribution in [2.45, 2.75) is 70.7 Å². The monoisotopic (exact) mass is 694 g/mol. The molecule has 0 saturated heterocycles. The maximum absolute atomic E-state index is 14.2. The summed E-state index contributed by atoms with van der Waals surface area (Å²) >= 11 is 0. The third kappa shape index (κ3) is 4.21. The van der Waals surface area contributed by atoms with Crippen molar-refractivity contribution in [1.82, 2.24) is 15.3 Å². The smallest absolute Gasteiger partial charge is 0.249 e. The fourth-order valence-electron chi connectivity index (χ4n) is 8.95. The number of oxazole rings is 2. The van der Waals surface area contributed by atoms with Crippen LogP contribution in [0.15, 0.2) is 75.7 Å². The number of fused-ring (bicyclic) bond motifs is 7. The van der Waals surface area contributed by atoms with E-state index in [1.54, 1.807) is 20.0 Å². The van der Waals surface area contributed by atoms with E-state index in [2.05, 4.69) is 59.2 Å². The van der Waals surface area contributed by atoms with E-state index >= 15 is 0 Å². The van der Waals surface area contributed by atoms with Gasteiger partial charge in [-0.2, -0.15) is 0 Å². The molecule has 5 atom stereocenters. The van der Waals surface area contributed by atoms with Crippen molar-refractivity contribution in [3.05, 3.63) is 112 Å². The van der Waals surface area contributed by atoms with Crippen LogP contribution < -0.4 is 15.4 Å². The van der Waals surface area contributed by atoms with Gasteiger partial charge in [-0.1, -0.05) is 82.3 Å². The highest BCUT2D eigenvalue weighted by Crippen LogP contribution is 2.61. The maximum Gasteiger partial charge on any atom is 0.249 e. The first-order valence-electron chi connectivity index (χ1n) is 18.1. The summed E-state index contributed by atoms with van der Waals surface area (Å²) in [6.07, 6.45) is 3.14. The van der Waals surface area contributed by atoms with Crippen LogP contribution in [0, 0.1) is 17.8 Å². The molecule has 10 heteroatoms. The number of carbonyl (C=O) groups is 2. The van der Waals surface area contributed by atoms with Crippen molar-refractivity contribution in [3.8, 4) is 28.5 Å². The number of rotatable bonds is 5. The molecule has 5 aromatic rings. The van der Waals surface area contributed by atoms with Crippen LogP contribution in [0.5, 0.6) is 5.75 Å². The minimum absolute atomic E-state index is 0.108. The molecule has 2 aromatic heterocycles. The van der Waals surface area contributed by atoms with Crippen LogP contribution in [-0.4, -0.2) is 39.1 Å². The topological polar surface area (TPSA) is 140 Å². The number of aromatic nitrogens is 2. The molecule has 52 heavy (non-hydrogen) atoms. The molecule has 2 unspecified atom stereocenters. The van der Waals surface area contributed by atoms with Gasteiger partial charge in [-0.15, -0.1) is 0 Å². The SMILES string of the molecule is CC(C)C1NC(=O)[C@@H](CC(=O)[C@@H](O)C(C)C)Cc2ccc3c(c2)[C@]24c5cccc(c5NC2O3)-c2cccc3c2C(=CC3)c2cnc(o2)-c2nc1oc24. The van der Waals surface area contributed by atoms with Gasteiger partial charge >= 0.3 is 0 Å². The van der Waals surface area contributed by atoms with E-state index in [4.69, 9.17) is 23.5 Å². The molecule has 1 spiro atoms. The minimum Gasteiger partial charge on any atom is -0.469 e. The van der Waals surface area contributed by atoms with Crippen molar-refractivity contribution in [2.75, 3.05) is 5.32 Å². The highest BCUT2D eigenvalue weighted by atomic mass is 16.5. The van der Waals surface area contributed by atoms with Gasteiger partial charge in [0.1, 0.15) is 23.3 Å². The molecule has 10 rings (SSSR count). The largest absolute Gasteiger partial charge is 0.469 e. The fourth-order valence-corrected chi connectivity index (χ4v) is 8.95. The van der Waals surface area contributed by atoms with E-state index in [1.807, 2.05) is 26.0 Å². The number of ether oxygens (including phenoxy) is 1. The van der Waals surface area contributed by atoms with Crippen LogP contribution in [0.3, 0.4) is 0 Å². The number of Topliss-reactive ketones (excluding diaryl/α,β-unsaturated/α-hetero) is 1. The van der Waals surface area contributed by atoms with Crippen molar-refractivity contribution in [3.63, 3.8) is 0 Å². The van der Waals surface area contributed by atoms with Crippen LogP contribution in [0.4, 0.5) is 5.69 Å². The molecule has 10 nitrogen and oxygen atoms in total. The Kier molecular flexibility index (Phi) is 6.62. The van der Waals surface area contributed by atoms with E-state index in [1.165, 1.54) is 5.56 Å². The summed E-state index contributed by atoms with van der Waals surface area (Å²) in [5.74, 6) is 0.639. The summed E-state index contributed by atoms with van der Waals surface area (Å²) in [5, 5.41) is 17.7. The number of hydrogen-bond acceptors (Lipinski definition) is 9. The summed E-state index contributed by atoms with van der Waals surface area (Å²) in [6.45, 7) is 7.58. The second kappa shape index (κ2) is 11.0. The molecular formula is C42H38N4O6. The molecule has 10 bridgehead atoms. The minimum atomic E-state index is -1.16. The number of nitrogens with one attached hydrogen (secondary N) is 2. The zero-order valence-corrected chi connectivity index (χ0v) is 29.3. The van der Waals surface area contributed by atoms with Gasteiger partial charge in [-0.3, -0.25) is 9.59 Å². The average Bonchev–Trinajstić information content (AvgIpc) is 3.95. The Morgan fingerprint density at radius 2 is 1.85 bits per heavy atom. The van der Waals surface area contributed by atoms with E-state index in [9.17, 15) is 14.7 Å². The molecule has 0 radical (unpaired) electrons. The number of aliphatic hydroxyl groups excluding tert-OH is 1. The average molecular weight is 695 g/mol. The van der Waals surface area contributed by atoms with Gasteiger partial charge in [0, 0.05) is 40.3 Å². The zero-order valence-electron chi connectivity index (χ0n) is 29.3. The second-order valence-corrected chi connectivity index (χ2v) is 15.4. The van der Waals surface area contributed by atoms with Crippen LogP contribution >= 0.6 is 0 Å². The molecule has 4 aliphatic heterocycles. The number of allylic oxidation sites excluding steroid dienone is 1. The van der Waals surface area contributed by atoms with Crippen molar-refractivity contribution in [1.29, 1.82) is 0 Å². The number of anilines is 1. The van der Waals surface area contributed by atoms with Crippen LogP contribution in [0.2, 0.25) is 0 Å². The van der Waals surface area contributed by atoms with E-state index in [0.29, 0.717) is 34.7 Å². The number of hydrogen-bond donors (Lipinski definition) is 3. The molecule has 1 amide bonds. The Labute approximate surface area is 300 Å². The molecule has 262 valence electrons. The normalized spacial score (nSPS) is 23.5. The number of nitrogens with zero attached hydrogens (tertiary/aromatic N) is 2. The quantitative estimate of drug-likeness (QED) is 0.183. The van der Waals surface area contributed by atoms with Crippen molar-refractivity contribution in [2.24, 2.45) is 17.8 Å². The van der Waals surface area contributed by atoms with Gasteiger partial charge < -0.3 is 29.3 Å². The van der Waals surface area contributed by atoms with Gasteiger partial charge in [0.05, 0.1) is 6.20 Å². The number of aliphatic hydroxyl groups is 1. The van der Waals surface area contributed by atoms with E-state index in [0.717, 1.165) is 51.1 Å². The lowest BCUT2D eigenvalue weighted by molar-refractivity contribution is -0.135. The first-order chi connectivity index (χ1) is 25.1. The molecule has 1 aliphatic carbocycles. The lowest BCUT2D eigenvalue weighted by Gasteiger charge is -2.28. The third-order valence-electron chi connectivity index (χ3n) is 11.6. The first-order valence-corrected chi connectivity index (χ1v) is 18.1. The Morgan fingerprint density at radius 3 is 2.67 bits per heavy atom. The lowest BCUT2D eigenvalue weighted by atomic mass is 9.71. The highest BCUT2D eigenvalue weighted by Gasteiger charge is 2.61. The molecular weight excluding hydrogens is 656 g/mol. The standard InChI is InChI=1S/C42H38N4O6/c1-19(2)33-40-45-35-37(52-40)42-27-10-6-9-25(24-8-5-7-22-12-13-26(32(22)24)31-18-43-39(35)50-31)34(27)46-41(42)51-30-14-11-21(16-28(30)42)15-23(38(49)44-33)17-29(47)36(48)20(3)4/h5-11,13-14,16,18-20,23,33,36,41,46,48H,12,15,17H2,1-4H3,(H,44,49)/t23-,33?,36+,41?,42+/m1/s1. The number of ketones is 1. The summed E-state index contributed by atoms with van der Waals surface area (Å²) in [7, 11) is 0. The summed E-state index contributed by atoms with van der Waals surface area (Å²) < 4.78 is 20.5. The van der Waals surface area contributed by atoms with Crippen LogP contribution in [0.1, 0.15) is 85.4 Å². The second-order valence-electron chi connectivity index (χ2n) is 15.4. The summed E-state index contributed by atoms with van der Waals surface area (Å²) in [5.41, 5.74) is 8.48. The lowest BCUT2D eigenvalue weighted by Crippen LogP contribution is -2.41. The van der Waals surface area contributed by atoms with Crippen molar-refractivity contribution < 1.29 is 28.3 Å². The van der Waals surface area contributed by atoms with Crippen LogP contribution in [0.25, 0.3) is 28.3 Å². The molecule has 3 aromatic carbocycles. The third-order valence-corrected chi connectivity index (χ3v) is 11.6. The predicted octanol–water partition coefficient (Wildman–Crippen LogP) is 6.74. The highest BCUT2D eigenvalue weighted by molar-refractivity contribution is 5.97. The fraction of sp³-hybridized carbons (Fsp3) is 0.333. The number of amides is 1.